The number of benzene rings is 2. The van der Waals surface area contributed by atoms with Gasteiger partial charge in [0.25, 0.3) is 0 Å². The van der Waals surface area contributed by atoms with Crippen LogP contribution in [0.4, 0.5) is 5.69 Å². The summed E-state index contributed by atoms with van der Waals surface area (Å²) in [7, 11) is 0. The van der Waals surface area contributed by atoms with E-state index in [1.807, 2.05) is 49.1 Å². The molecule has 0 saturated heterocycles. The molecular formula is C26H28ClN3OS. The van der Waals surface area contributed by atoms with Crippen LogP contribution in [0, 0.1) is 13.8 Å². The third-order valence-corrected chi connectivity index (χ3v) is 7.23. The summed E-state index contributed by atoms with van der Waals surface area (Å²) in [6, 6.07) is 18.3. The van der Waals surface area contributed by atoms with Crippen molar-refractivity contribution in [3.8, 4) is 0 Å². The number of aromatic nitrogens is 2. The summed E-state index contributed by atoms with van der Waals surface area (Å²) >= 11 is 7.55. The Labute approximate surface area is 199 Å². The van der Waals surface area contributed by atoms with E-state index in [2.05, 4.69) is 55.0 Å². The van der Waals surface area contributed by atoms with E-state index in [4.69, 9.17) is 11.6 Å². The minimum absolute atomic E-state index is 0.0633. The van der Waals surface area contributed by atoms with E-state index in [0.717, 1.165) is 34.1 Å². The summed E-state index contributed by atoms with van der Waals surface area (Å²) in [5.41, 5.74) is 4.54. The van der Waals surface area contributed by atoms with Gasteiger partial charge in [0, 0.05) is 33.1 Å². The zero-order valence-corrected chi connectivity index (χ0v) is 20.7. The SMILES string of the molecule is Cc1cc(C)nc(SCC(=O)N2c3ccccc3[C@](C)(c3ccc(Cl)cc3)CC2(C)C)n1. The number of hydrogen-bond donors (Lipinski definition) is 0. The minimum atomic E-state index is -0.371. The maximum atomic E-state index is 13.5. The van der Waals surface area contributed by atoms with Gasteiger partial charge in [-0.05, 0) is 69.5 Å². The van der Waals surface area contributed by atoms with Crippen LogP contribution in [0.15, 0.2) is 59.8 Å². The molecule has 0 spiro atoms. The highest BCUT2D eigenvalue weighted by Gasteiger charge is 2.47. The second-order valence-electron chi connectivity index (χ2n) is 9.30. The molecule has 2 aromatic carbocycles. The zero-order valence-electron chi connectivity index (χ0n) is 19.1. The Bertz CT molecular complexity index is 1140. The number of fused-ring (bicyclic) bond motifs is 1. The topological polar surface area (TPSA) is 46.1 Å². The minimum Gasteiger partial charge on any atom is -0.306 e. The Morgan fingerprint density at radius 1 is 1.03 bits per heavy atom. The van der Waals surface area contributed by atoms with Crippen molar-refractivity contribution < 1.29 is 4.79 Å². The van der Waals surface area contributed by atoms with E-state index < -0.39 is 0 Å². The third-order valence-electron chi connectivity index (χ3n) is 6.15. The first-order valence-electron chi connectivity index (χ1n) is 10.7. The number of nitrogens with zero attached hydrogens (tertiary/aromatic N) is 3. The lowest BCUT2D eigenvalue weighted by atomic mass is 9.65. The van der Waals surface area contributed by atoms with Crippen LogP contribution < -0.4 is 4.90 Å². The monoisotopic (exact) mass is 465 g/mol. The van der Waals surface area contributed by atoms with E-state index in [1.165, 1.54) is 17.3 Å². The van der Waals surface area contributed by atoms with Gasteiger partial charge >= 0.3 is 0 Å². The van der Waals surface area contributed by atoms with E-state index in [0.29, 0.717) is 5.16 Å². The van der Waals surface area contributed by atoms with E-state index in [1.54, 1.807) is 0 Å². The molecule has 6 heteroatoms. The van der Waals surface area contributed by atoms with Gasteiger partial charge in [0.2, 0.25) is 5.91 Å². The number of hydrogen-bond acceptors (Lipinski definition) is 4. The number of carbonyl (C=O) groups is 1. The lowest BCUT2D eigenvalue weighted by molar-refractivity contribution is -0.117. The van der Waals surface area contributed by atoms with Gasteiger partial charge in [0.05, 0.1) is 5.75 Å². The Hall–Kier alpha value is -2.37. The number of carbonyl (C=O) groups excluding carboxylic acids is 1. The summed E-state index contributed by atoms with van der Waals surface area (Å²) in [4.78, 5) is 24.5. The lowest BCUT2D eigenvalue weighted by Gasteiger charge is -2.51. The fourth-order valence-corrected chi connectivity index (χ4v) is 5.92. The molecule has 0 radical (unpaired) electrons. The molecule has 1 aliphatic rings. The molecule has 32 heavy (non-hydrogen) atoms. The Balaban J connectivity index is 1.69. The van der Waals surface area contributed by atoms with Gasteiger partial charge in [-0.1, -0.05) is 60.6 Å². The predicted molar refractivity (Wildman–Crippen MR) is 133 cm³/mol. The Morgan fingerprint density at radius 2 is 1.66 bits per heavy atom. The van der Waals surface area contributed by atoms with E-state index in [9.17, 15) is 4.79 Å². The molecular weight excluding hydrogens is 438 g/mol. The van der Waals surface area contributed by atoms with Crippen LogP contribution >= 0.6 is 23.4 Å². The van der Waals surface area contributed by atoms with E-state index in [-0.39, 0.29) is 22.6 Å². The van der Waals surface area contributed by atoms with Crippen molar-refractivity contribution >= 4 is 35.0 Å². The van der Waals surface area contributed by atoms with E-state index >= 15 is 0 Å². The number of thioether (sulfide) groups is 1. The summed E-state index contributed by atoms with van der Waals surface area (Å²) < 4.78 is 0. The van der Waals surface area contributed by atoms with Crippen molar-refractivity contribution in [2.45, 2.75) is 57.1 Å². The molecule has 0 saturated carbocycles. The maximum Gasteiger partial charge on any atom is 0.237 e. The Kier molecular flexibility index (Phi) is 6.08. The molecule has 1 atom stereocenters. The summed E-state index contributed by atoms with van der Waals surface area (Å²) in [5.74, 6) is 0.353. The molecule has 0 aliphatic carbocycles. The largest absolute Gasteiger partial charge is 0.306 e. The van der Waals surface area contributed by atoms with Crippen LogP contribution in [-0.4, -0.2) is 27.2 Å². The van der Waals surface area contributed by atoms with Gasteiger partial charge in [-0.3, -0.25) is 4.79 Å². The molecule has 0 N–H and O–H groups in total. The van der Waals surface area contributed by atoms with Gasteiger partial charge < -0.3 is 4.90 Å². The van der Waals surface area contributed by atoms with Crippen molar-refractivity contribution in [2.24, 2.45) is 0 Å². The maximum absolute atomic E-state index is 13.5. The van der Waals surface area contributed by atoms with Gasteiger partial charge in [-0.2, -0.15) is 0 Å². The normalized spacial score (nSPS) is 19.5. The standard InChI is InChI=1S/C26H28ClN3OS/c1-17-14-18(2)29-24(28-17)32-15-23(31)30-22-9-7-6-8-21(22)26(5,16-25(30,3)4)19-10-12-20(27)13-11-19/h6-14H,15-16H2,1-5H3/t26-/m0/s1. The molecule has 2 heterocycles. The van der Waals surface area contributed by atoms with Gasteiger partial charge in [0.15, 0.2) is 5.16 Å². The van der Waals surface area contributed by atoms with Crippen LogP contribution in [0.2, 0.25) is 5.02 Å². The van der Waals surface area contributed by atoms with Crippen LogP contribution in [0.3, 0.4) is 0 Å². The van der Waals surface area contributed by atoms with Crippen molar-refractivity contribution in [1.82, 2.24) is 9.97 Å². The van der Waals surface area contributed by atoms with Crippen LogP contribution in [0.1, 0.15) is 49.7 Å². The predicted octanol–water partition coefficient (Wildman–Crippen LogP) is 6.36. The molecule has 1 amide bonds. The first-order chi connectivity index (χ1) is 15.1. The number of amides is 1. The van der Waals surface area contributed by atoms with Gasteiger partial charge in [0.1, 0.15) is 0 Å². The van der Waals surface area contributed by atoms with Crippen LogP contribution in [0.25, 0.3) is 0 Å². The van der Waals surface area contributed by atoms with Crippen molar-refractivity contribution in [3.05, 3.63) is 82.1 Å². The molecule has 0 fully saturated rings. The lowest BCUT2D eigenvalue weighted by Crippen LogP contribution is -2.56. The van der Waals surface area contributed by atoms with Crippen LogP contribution in [0.5, 0.6) is 0 Å². The molecule has 4 nitrogen and oxygen atoms in total. The highest BCUT2D eigenvalue weighted by atomic mass is 35.5. The number of aryl methyl sites for hydroxylation is 2. The van der Waals surface area contributed by atoms with Crippen molar-refractivity contribution in [2.75, 3.05) is 10.7 Å². The second kappa shape index (κ2) is 8.53. The molecule has 166 valence electrons. The van der Waals surface area contributed by atoms with Crippen molar-refractivity contribution in [1.29, 1.82) is 0 Å². The fourth-order valence-electron chi connectivity index (χ4n) is 5.00. The molecule has 0 bridgehead atoms. The third kappa shape index (κ3) is 4.28. The highest BCUT2D eigenvalue weighted by molar-refractivity contribution is 7.99. The highest BCUT2D eigenvalue weighted by Crippen LogP contribution is 2.50. The summed E-state index contributed by atoms with van der Waals surface area (Å²) in [5, 5.41) is 1.37. The fraction of sp³-hybridized carbons (Fsp3) is 0.346. The second-order valence-corrected chi connectivity index (χ2v) is 10.7. The number of rotatable bonds is 4. The smallest absolute Gasteiger partial charge is 0.237 e. The quantitative estimate of drug-likeness (QED) is 0.332. The Morgan fingerprint density at radius 3 is 2.31 bits per heavy atom. The average Bonchev–Trinajstić information content (AvgIpc) is 2.71. The molecule has 1 aromatic heterocycles. The average molecular weight is 466 g/mol. The molecule has 0 unspecified atom stereocenters. The molecule has 4 rings (SSSR count). The zero-order chi connectivity index (χ0) is 23.1. The first kappa shape index (κ1) is 22.8. The van der Waals surface area contributed by atoms with Crippen molar-refractivity contribution in [3.63, 3.8) is 0 Å². The first-order valence-corrected chi connectivity index (χ1v) is 12.1. The summed E-state index contributed by atoms with van der Waals surface area (Å²) in [6.07, 6.45) is 0.801. The van der Waals surface area contributed by atoms with Gasteiger partial charge in [-0.15, -0.1) is 0 Å². The number of halogens is 1. The van der Waals surface area contributed by atoms with Crippen LogP contribution in [-0.2, 0) is 10.2 Å². The molecule has 3 aromatic rings. The molecule has 1 aliphatic heterocycles. The number of para-hydroxylation sites is 1. The summed E-state index contributed by atoms with van der Waals surface area (Å²) in [6.45, 7) is 10.4. The van der Waals surface area contributed by atoms with Gasteiger partial charge in [-0.25, -0.2) is 9.97 Å². The number of anilines is 1.